The van der Waals surface area contributed by atoms with Crippen molar-refractivity contribution >= 4 is 43.6 Å². The van der Waals surface area contributed by atoms with Gasteiger partial charge in [0.2, 0.25) is 0 Å². The second kappa shape index (κ2) is 9.43. The molecule has 2 heterocycles. The maximum Gasteiger partial charge on any atom is 0.197 e. The second-order valence-corrected chi connectivity index (χ2v) is 10.5. The summed E-state index contributed by atoms with van der Waals surface area (Å²) in [5, 5.41) is 2.83. The maximum absolute atomic E-state index is 13.2. The second-order valence-electron chi connectivity index (χ2n) is 10.5. The maximum atomic E-state index is 13.2. The number of fused-ring (bicyclic) bond motifs is 4. The van der Waals surface area contributed by atoms with Crippen molar-refractivity contribution in [1.29, 1.82) is 0 Å². The van der Waals surface area contributed by atoms with Gasteiger partial charge in [-0.05, 0) is 83.9 Å². The predicted molar refractivity (Wildman–Crippen MR) is 173 cm³/mol. The Morgan fingerprint density at radius 1 is 0.310 bits per heavy atom. The standard InChI is InChI=1S/C38H24N2O2/c41-37-29-9-1-5-13-33(29)39(34-14-6-2-10-30(34)37)27-21-17-25(18-22-27)26-19-23-28(24-20-26)40-35-15-7-3-11-31(35)38(42)32-12-4-8-16-36(32)40/h1-24H. The number of nitrogens with zero attached hydrogens (tertiary/aromatic N) is 2. The third-order valence-corrected chi connectivity index (χ3v) is 8.14. The van der Waals surface area contributed by atoms with Gasteiger partial charge in [0, 0.05) is 32.9 Å². The summed E-state index contributed by atoms with van der Waals surface area (Å²) in [6, 6.07) is 48.0. The number of pyridine rings is 2. The molecule has 0 amide bonds. The zero-order chi connectivity index (χ0) is 28.2. The van der Waals surface area contributed by atoms with E-state index in [0.29, 0.717) is 21.5 Å². The molecule has 6 aromatic carbocycles. The normalized spacial score (nSPS) is 11.5. The van der Waals surface area contributed by atoms with E-state index in [0.717, 1.165) is 44.6 Å². The molecule has 0 atom stereocenters. The molecule has 0 N–H and O–H groups in total. The van der Waals surface area contributed by atoms with Gasteiger partial charge in [-0.25, -0.2) is 0 Å². The molecule has 198 valence electrons. The molecule has 0 aliphatic carbocycles. The van der Waals surface area contributed by atoms with Crippen LogP contribution in [-0.2, 0) is 0 Å². The number of hydrogen-bond donors (Lipinski definition) is 0. The van der Waals surface area contributed by atoms with Crippen LogP contribution in [0.4, 0.5) is 0 Å². The van der Waals surface area contributed by atoms with E-state index in [9.17, 15) is 9.59 Å². The Balaban J connectivity index is 1.23. The van der Waals surface area contributed by atoms with Crippen molar-refractivity contribution in [3.8, 4) is 22.5 Å². The minimum atomic E-state index is 0.0532. The van der Waals surface area contributed by atoms with E-state index in [1.54, 1.807) is 0 Å². The van der Waals surface area contributed by atoms with Crippen molar-refractivity contribution in [2.24, 2.45) is 0 Å². The van der Waals surface area contributed by atoms with E-state index >= 15 is 0 Å². The van der Waals surface area contributed by atoms with Gasteiger partial charge in [0.25, 0.3) is 0 Å². The summed E-state index contributed by atoms with van der Waals surface area (Å²) in [4.78, 5) is 26.3. The Bertz CT molecular complexity index is 2140. The molecule has 42 heavy (non-hydrogen) atoms. The number of benzene rings is 6. The van der Waals surface area contributed by atoms with Crippen LogP contribution in [0.25, 0.3) is 66.1 Å². The molecule has 0 saturated heterocycles. The predicted octanol–water partition coefficient (Wildman–Crippen LogP) is 8.27. The van der Waals surface area contributed by atoms with Gasteiger partial charge in [-0.15, -0.1) is 0 Å². The first kappa shape index (κ1) is 24.1. The highest BCUT2D eigenvalue weighted by Gasteiger charge is 2.13. The van der Waals surface area contributed by atoms with Crippen LogP contribution in [0.3, 0.4) is 0 Å². The van der Waals surface area contributed by atoms with E-state index in [-0.39, 0.29) is 10.9 Å². The monoisotopic (exact) mass is 540 g/mol. The lowest BCUT2D eigenvalue weighted by Gasteiger charge is -2.17. The van der Waals surface area contributed by atoms with Crippen LogP contribution in [0, 0.1) is 0 Å². The van der Waals surface area contributed by atoms with Crippen molar-refractivity contribution in [3.05, 3.63) is 166 Å². The van der Waals surface area contributed by atoms with E-state index < -0.39 is 0 Å². The summed E-state index contributed by atoms with van der Waals surface area (Å²) >= 11 is 0. The zero-order valence-electron chi connectivity index (χ0n) is 22.6. The quantitative estimate of drug-likeness (QED) is 0.212. The molecule has 0 aliphatic heterocycles. The highest BCUT2D eigenvalue weighted by Crippen LogP contribution is 2.29. The highest BCUT2D eigenvalue weighted by atomic mass is 16.1. The molecule has 0 bridgehead atoms. The van der Waals surface area contributed by atoms with Gasteiger partial charge in [0.1, 0.15) is 0 Å². The average Bonchev–Trinajstić information content (AvgIpc) is 3.06. The van der Waals surface area contributed by atoms with E-state index in [1.165, 1.54) is 0 Å². The van der Waals surface area contributed by atoms with Crippen LogP contribution in [0.5, 0.6) is 0 Å². The SMILES string of the molecule is O=c1c2ccccc2n(-c2ccc(-c3ccc(-n4c5ccccc5c(=O)c5ccccc54)cc3)cc2)c2ccccc12. The molecule has 2 aromatic heterocycles. The van der Waals surface area contributed by atoms with Crippen molar-refractivity contribution in [1.82, 2.24) is 9.13 Å². The lowest BCUT2D eigenvalue weighted by Crippen LogP contribution is -2.10. The largest absolute Gasteiger partial charge is 0.309 e. The number of hydrogen-bond acceptors (Lipinski definition) is 2. The molecule has 0 fully saturated rings. The van der Waals surface area contributed by atoms with E-state index in [4.69, 9.17) is 0 Å². The van der Waals surface area contributed by atoms with Gasteiger partial charge in [0.15, 0.2) is 10.9 Å². The van der Waals surface area contributed by atoms with Crippen LogP contribution in [0.2, 0.25) is 0 Å². The molecule has 4 heteroatoms. The Morgan fingerprint density at radius 3 is 0.857 bits per heavy atom. The minimum absolute atomic E-state index is 0.0532. The van der Waals surface area contributed by atoms with Gasteiger partial charge in [-0.2, -0.15) is 0 Å². The Hall–Kier alpha value is -5.74. The molecular formula is C38H24N2O2. The van der Waals surface area contributed by atoms with Gasteiger partial charge >= 0.3 is 0 Å². The molecule has 0 aliphatic rings. The Kier molecular flexibility index (Phi) is 5.41. The number of rotatable bonds is 3. The zero-order valence-corrected chi connectivity index (χ0v) is 22.6. The molecule has 0 saturated carbocycles. The molecule has 8 aromatic rings. The smallest absolute Gasteiger partial charge is 0.197 e. The summed E-state index contributed by atoms with van der Waals surface area (Å²) in [7, 11) is 0. The molecule has 4 nitrogen and oxygen atoms in total. The number of aromatic nitrogens is 2. The van der Waals surface area contributed by atoms with E-state index in [1.807, 2.05) is 97.1 Å². The molecule has 0 radical (unpaired) electrons. The average molecular weight is 541 g/mol. The van der Waals surface area contributed by atoms with Crippen LogP contribution in [-0.4, -0.2) is 9.13 Å². The Labute approximate surface area is 241 Å². The van der Waals surface area contributed by atoms with Gasteiger partial charge in [0.05, 0.1) is 22.1 Å². The minimum Gasteiger partial charge on any atom is -0.309 e. The van der Waals surface area contributed by atoms with E-state index in [2.05, 4.69) is 57.7 Å². The molecular weight excluding hydrogens is 516 g/mol. The first-order valence-corrected chi connectivity index (χ1v) is 14.0. The third kappa shape index (κ3) is 3.62. The first-order chi connectivity index (χ1) is 20.7. The van der Waals surface area contributed by atoms with Crippen molar-refractivity contribution in [2.45, 2.75) is 0 Å². The summed E-state index contributed by atoms with van der Waals surface area (Å²) < 4.78 is 4.32. The molecule has 0 spiro atoms. The lowest BCUT2D eigenvalue weighted by atomic mass is 10.0. The highest BCUT2D eigenvalue weighted by molar-refractivity contribution is 5.96. The van der Waals surface area contributed by atoms with Crippen LogP contribution in [0.15, 0.2) is 155 Å². The summed E-state index contributed by atoms with van der Waals surface area (Å²) in [6.45, 7) is 0. The fourth-order valence-electron chi connectivity index (χ4n) is 6.15. The van der Waals surface area contributed by atoms with Crippen LogP contribution >= 0.6 is 0 Å². The molecule has 8 rings (SSSR count). The van der Waals surface area contributed by atoms with Crippen LogP contribution in [0.1, 0.15) is 0 Å². The third-order valence-electron chi connectivity index (χ3n) is 8.14. The summed E-state index contributed by atoms with van der Waals surface area (Å²) in [5.74, 6) is 0. The topological polar surface area (TPSA) is 44.0 Å². The number of para-hydroxylation sites is 4. The summed E-state index contributed by atoms with van der Waals surface area (Å²) in [5.41, 5.74) is 7.83. The lowest BCUT2D eigenvalue weighted by molar-refractivity contribution is 1.16. The fourth-order valence-corrected chi connectivity index (χ4v) is 6.15. The molecule has 0 unspecified atom stereocenters. The van der Waals surface area contributed by atoms with Gasteiger partial charge in [-0.1, -0.05) is 72.8 Å². The summed E-state index contributed by atoms with van der Waals surface area (Å²) in [6.07, 6.45) is 0. The van der Waals surface area contributed by atoms with Gasteiger partial charge < -0.3 is 9.13 Å². The van der Waals surface area contributed by atoms with Gasteiger partial charge in [-0.3, -0.25) is 9.59 Å². The fraction of sp³-hybridized carbons (Fsp3) is 0. The van der Waals surface area contributed by atoms with Crippen LogP contribution < -0.4 is 10.9 Å². The first-order valence-electron chi connectivity index (χ1n) is 14.0. The van der Waals surface area contributed by atoms with Crippen molar-refractivity contribution in [2.75, 3.05) is 0 Å². The van der Waals surface area contributed by atoms with Crippen molar-refractivity contribution < 1.29 is 0 Å². The van der Waals surface area contributed by atoms with Crippen molar-refractivity contribution in [3.63, 3.8) is 0 Å². The Morgan fingerprint density at radius 2 is 0.571 bits per heavy atom.